The van der Waals surface area contributed by atoms with E-state index < -0.39 is 4.92 Å². The lowest BCUT2D eigenvalue weighted by molar-refractivity contribution is -0.384. The van der Waals surface area contributed by atoms with Crippen LogP contribution in [0.5, 0.6) is 0 Å². The summed E-state index contributed by atoms with van der Waals surface area (Å²) >= 11 is 0. The first kappa shape index (κ1) is 12.8. The third kappa shape index (κ3) is 2.68. The van der Waals surface area contributed by atoms with Gasteiger partial charge in [0.25, 0.3) is 5.69 Å². The van der Waals surface area contributed by atoms with E-state index in [0.717, 1.165) is 12.3 Å². The van der Waals surface area contributed by atoms with Crippen LogP contribution in [-0.4, -0.2) is 20.9 Å². The number of benzene rings is 1. The van der Waals surface area contributed by atoms with Gasteiger partial charge in [-0.15, -0.1) is 0 Å². The fraction of sp³-hybridized carbons (Fsp3) is 0.429. The Morgan fingerprint density at radius 3 is 2.95 bits per heavy atom. The maximum Gasteiger partial charge on any atom is 0.270 e. The number of hydrogen-bond donors (Lipinski definition) is 1. The summed E-state index contributed by atoms with van der Waals surface area (Å²) in [5.74, 6) is 1.49. The van der Waals surface area contributed by atoms with Gasteiger partial charge in [0.05, 0.1) is 10.4 Å². The van der Waals surface area contributed by atoms with Gasteiger partial charge in [-0.2, -0.15) is 0 Å². The molecule has 2 aromatic rings. The first-order chi connectivity index (χ1) is 9.63. The summed E-state index contributed by atoms with van der Waals surface area (Å²) < 4.78 is 0. The van der Waals surface area contributed by atoms with Crippen molar-refractivity contribution >= 4 is 22.4 Å². The van der Waals surface area contributed by atoms with E-state index in [1.54, 1.807) is 6.07 Å². The maximum absolute atomic E-state index is 10.9. The molecule has 0 radical (unpaired) electrons. The van der Waals surface area contributed by atoms with Gasteiger partial charge >= 0.3 is 0 Å². The molecular formula is C14H16N4O2. The summed E-state index contributed by atoms with van der Waals surface area (Å²) in [6.07, 6.45) is 5.21. The molecule has 1 aliphatic carbocycles. The van der Waals surface area contributed by atoms with Gasteiger partial charge in [-0.3, -0.25) is 10.1 Å². The van der Waals surface area contributed by atoms with Crippen molar-refractivity contribution in [2.24, 2.45) is 5.92 Å². The Balaban J connectivity index is 1.91. The molecular weight excluding hydrogens is 256 g/mol. The van der Waals surface area contributed by atoms with Crippen LogP contribution in [0.2, 0.25) is 0 Å². The van der Waals surface area contributed by atoms with Crippen LogP contribution in [0.25, 0.3) is 10.9 Å². The van der Waals surface area contributed by atoms with E-state index in [4.69, 9.17) is 0 Å². The number of nitro benzene ring substituents is 1. The largest absolute Gasteiger partial charge is 0.367 e. The van der Waals surface area contributed by atoms with E-state index in [1.807, 2.05) is 0 Å². The van der Waals surface area contributed by atoms with Crippen molar-refractivity contribution in [1.82, 2.24) is 9.97 Å². The zero-order valence-corrected chi connectivity index (χ0v) is 11.2. The molecule has 6 heteroatoms. The molecule has 3 rings (SSSR count). The molecule has 1 aromatic heterocycles. The fourth-order valence-corrected chi connectivity index (χ4v) is 2.42. The third-order valence-electron chi connectivity index (χ3n) is 3.60. The molecule has 1 aromatic carbocycles. The molecule has 0 spiro atoms. The summed E-state index contributed by atoms with van der Waals surface area (Å²) in [6.45, 7) is 2.11. The number of fused-ring (bicyclic) bond motifs is 1. The summed E-state index contributed by atoms with van der Waals surface area (Å²) in [5, 5.41) is 14.9. The number of anilines is 1. The van der Waals surface area contributed by atoms with Crippen LogP contribution in [0, 0.1) is 16.0 Å². The lowest BCUT2D eigenvalue weighted by Crippen LogP contribution is -2.17. The van der Waals surface area contributed by atoms with E-state index in [1.165, 1.54) is 31.3 Å². The second-order valence-corrected chi connectivity index (χ2v) is 5.41. The van der Waals surface area contributed by atoms with Gasteiger partial charge < -0.3 is 5.32 Å². The van der Waals surface area contributed by atoms with Crippen molar-refractivity contribution in [2.45, 2.75) is 32.2 Å². The number of hydrogen-bond acceptors (Lipinski definition) is 5. The third-order valence-corrected chi connectivity index (χ3v) is 3.60. The van der Waals surface area contributed by atoms with E-state index in [2.05, 4.69) is 22.2 Å². The summed E-state index contributed by atoms with van der Waals surface area (Å²) in [7, 11) is 0. The lowest BCUT2D eigenvalue weighted by Gasteiger charge is -2.15. The van der Waals surface area contributed by atoms with E-state index in [0.29, 0.717) is 22.8 Å². The summed E-state index contributed by atoms with van der Waals surface area (Å²) in [4.78, 5) is 18.9. The summed E-state index contributed by atoms with van der Waals surface area (Å²) in [6, 6.07) is 4.96. The Kier molecular flexibility index (Phi) is 3.22. The van der Waals surface area contributed by atoms with Crippen LogP contribution in [0.3, 0.4) is 0 Å². The van der Waals surface area contributed by atoms with Crippen LogP contribution < -0.4 is 5.32 Å². The molecule has 0 saturated heterocycles. The predicted molar refractivity (Wildman–Crippen MR) is 76.6 cm³/mol. The highest BCUT2D eigenvalue weighted by molar-refractivity contribution is 5.90. The molecule has 0 aliphatic heterocycles. The van der Waals surface area contributed by atoms with Gasteiger partial charge in [0.1, 0.15) is 12.1 Å². The molecule has 104 valence electrons. The van der Waals surface area contributed by atoms with Crippen LogP contribution >= 0.6 is 0 Å². The number of nitro groups is 1. The van der Waals surface area contributed by atoms with E-state index in [-0.39, 0.29) is 5.69 Å². The van der Waals surface area contributed by atoms with Gasteiger partial charge in [-0.05, 0) is 25.3 Å². The lowest BCUT2D eigenvalue weighted by atomic mass is 10.1. The zero-order valence-electron chi connectivity index (χ0n) is 11.2. The van der Waals surface area contributed by atoms with Crippen molar-refractivity contribution < 1.29 is 4.92 Å². The standard InChI is InChI=1S/C14H16N4O2/c1-9(6-10-2-3-10)17-14-12-7-11(18(19)20)4-5-13(12)15-8-16-14/h4-5,7-10H,2-3,6H2,1H3,(H,15,16,17). The van der Waals surface area contributed by atoms with Crippen molar-refractivity contribution in [3.05, 3.63) is 34.6 Å². The molecule has 6 nitrogen and oxygen atoms in total. The Hall–Kier alpha value is -2.24. The summed E-state index contributed by atoms with van der Waals surface area (Å²) in [5.41, 5.74) is 0.775. The normalized spacial score (nSPS) is 16.1. The smallest absolute Gasteiger partial charge is 0.270 e. The zero-order chi connectivity index (χ0) is 14.1. The molecule has 1 aliphatic rings. The Bertz CT molecular complexity index is 655. The number of aromatic nitrogens is 2. The van der Waals surface area contributed by atoms with E-state index >= 15 is 0 Å². The molecule has 1 atom stereocenters. The van der Waals surface area contributed by atoms with Gasteiger partial charge in [0, 0.05) is 23.6 Å². The van der Waals surface area contributed by atoms with Gasteiger partial charge in [0.2, 0.25) is 0 Å². The minimum absolute atomic E-state index is 0.0604. The Morgan fingerprint density at radius 2 is 2.25 bits per heavy atom. The van der Waals surface area contributed by atoms with Crippen LogP contribution in [0.1, 0.15) is 26.2 Å². The number of nitrogens with one attached hydrogen (secondary N) is 1. The highest BCUT2D eigenvalue weighted by Gasteiger charge is 2.24. The molecule has 0 amide bonds. The van der Waals surface area contributed by atoms with Crippen LogP contribution in [-0.2, 0) is 0 Å². The van der Waals surface area contributed by atoms with Crippen LogP contribution in [0.15, 0.2) is 24.5 Å². The molecule has 1 fully saturated rings. The second-order valence-electron chi connectivity index (χ2n) is 5.41. The topological polar surface area (TPSA) is 81.0 Å². The molecule has 1 heterocycles. The Morgan fingerprint density at radius 1 is 1.45 bits per heavy atom. The van der Waals surface area contributed by atoms with Gasteiger partial charge in [-0.1, -0.05) is 12.8 Å². The molecule has 1 saturated carbocycles. The number of nitrogens with zero attached hydrogens (tertiary/aromatic N) is 3. The SMILES string of the molecule is CC(CC1CC1)Nc1ncnc2ccc([N+](=O)[O-])cc12. The quantitative estimate of drug-likeness (QED) is 0.668. The minimum Gasteiger partial charge on any atom is -0.367 e. The van der Waals surface area contributed by atoms with Crippen LogP contribution in [0.4, 0.5) is 11.5 Å². The fourth-order valence-electron chi connectivity index (χ4n) is 2.42. The second kappa shape index (κ2) is 5.03. The highest BCUT2D eigenvalue weighted by atomic mass is 16.6. The van der Waals surface area contributed by atoms with Crippen molar-refractivity contribution in [3.8, 4) is 0 Å². The minimum atomic E-state index is -0.399. The molecule has 0 bridgehead atoms. The first-order valence-electron chi connectivity index (χ1n) is 6.79. The van der Waals surface area contributed by atoms with Gasteiger partial charge in [-0.25, -0.2) is 9.97 Å². The number of non-ortho nitro benzene ring substituents is 1. The molecule has 1 N–H and O–H groups in total. The van der Waals surface area contributed by atoms with Crippen molar-refractivity contribution in [2.75, 3.05) is 5.32 Å². The average Bonchev–Trinajstić information content (AvgIpc) is 3.22. The highest BCUT2D eigenvalue weighted by Crippen LogP contribution is 2.34. The van der Waals surface area contributed by atoms with E-state index in [9.17, 15) is 10.1 Å². The molecule has 20 heavy (non-hydrogen) atoms. The predicted octanol–water partition coefficient (Wildman–Crippen LogP) is 3.14. The molecule has 1 unspecified atom stereocenters. The van der Waals surface area contributed by atoms with Crippen molar-refractivity contribution in [1.29, 1.82) is 0 Å². The first-order valence-corrected chi connectivity index (χ1v) is 6.79. The van der Waals surface area contributed by atoms with Crippen molar-refractivity contribution in [3.63, 3.8) is 0 Å². The maximum atomic E-state index is 10.9. The monoisotopic (exact) mass is 272 g/mol. The average molecular weight is 272 g/mol. The van der Waals surface area contributed by atoms with Gasteiger partial charge in [0.15, 0.2) is 0 Å². The Labute approximate surface area is 116 Å². The number of rotatable bonds is 5.